The molecular formula is C21H11ClO6. The first-order valence-electron chi connectivity index (χ1n) is 8.35. The highest BCUT2D eigenvalue weighted by Gasteiger charge is 2.53. The van der Waals surface area contributed by atoms with Gasteiger partial charge in [0.1, 0.15) is 23.0 Å². The molecule has 1 spiro atoms. The van der Waals surface area contributed by atoms with Crippen molar-refractivity contribution in [3.8, 4) is 23.0 Å². The second-order valence-corrected chi connectivity index (χ2v) is 6.71. The fourth-order valence-electron chi connectivity index (χ4n) is 3.80. The van der Waals surface area contributed by atoms with Gasteiger partial charge in [0, 0.05) is 40.4 Å². The van der Waals surface area contributed by atoms with Gasteiger partial charge in [0.25, 0.3) is 0 Å². The number of ether oxygens (including phenoxy) is 3. The molecule has 2 heterocycles. The summed E-state index contributed by atoms with van der Waals surface area (Å²) in [5.41, 5.74) is 0.0373. The van der Waals surface area contributed by atoms with Crippen molar-refractivity contribution in [2.24, 2.45) is 0 Å². The van der Waals surface area contributed by atoms with Crippen LogP contribution in [0.3, 0.4) is 0 Å². The Morgan fingerprint density at radius 2 is 1.68 bits per heavy atom. The topological polar surface area (TPSA) is 82.1 Å². The van der Waals surface area contributed by atoms with E-state index in [1.54, 1.807) is 30.3 Å². The molecule has 3 aromatic carbocycles. The van der Waals surface area contributed by atoms with Crippen LogP contribution in [0.1, 0.15) is 27.0 Å². The van der Waals surface area contributed by atoms with Gasteiger partial charge in [-0.05, 0) is 30.3 Å². The first-order valence-corrected chi connectivity index (χ1v) is 8.73. The maximum atomic E-state index is 12.6. The summed E-state index contributed by atoms with van der Waals surface area (Å²) in [6.45, 7) is 0. The zero-order chi connectivity index (χ0) is 19.5. The molecule has 6 nitrogen and oxygen atoms in total. The normalized spacial score (nSPS) is 18.5. The largest absolute Gasteiger partial charge is 0.508 e. The maximum Gasteiger partial charge on any atom is 0.409 e. The zero-order valence-corrected chi connectivity index (χ0v) is 14.9. The van der Waals surface area contributed by atoms with E-state index in [2.05, 4.69) is 0 Å². The Labute approximate surface area is 163 Å². The number of benzene rings is 3. The van der Waals surface area contributed by atoms with Gasteiger partial charge in [-0.15, -0.1) is 0 Å². The fourth-order valence-corrected chi connectivity index (χ4v) is 3.89. The van der Waals surface area contributed by atoms with Gasteiger partial charge in [-0.2, -0.15) is 0 Å². The molecule has 28 heavy (non-hydrogen) atoms. The summed E-state index contributed by atoms with van der Waals surface area (Å²) in [7, 11) is 0. The summed E-state index contributed by atoms with van der Waals surface area (Å²) in [6, 6.07) is 16.4. The van der Waals surface area contributed by atoms with Crippen molar-refractivity contribution in [2.45, 2.75) is 5.60 Å². The minimum atomic E-state index is -1.24. The average Bonchev–Trinajstić information content (AvgIpc) is 2.95. The van der Waals surface area contributed by atoms with Gasteiger partial charge in [0.15, 0.2) is 5.60 Å². The van der Waals surface area contributed by atoms with E-state index in [4.69, 9.17) is 25.8 Å². The van der Waals surface area contributed by atoms with E-state index in [9.17, 15) is 14.7 Å². The Bertz CT molecular complexity index is 1170. The number of fused-ring (bicyclic) bond motifs is 6. The standard InChI is InChI=1S/C21H11ClO6/c22-20(25)26-12-6-8-16-18(10-12)27-17-9-11(23)5-7-15(17)21(16)14-4-2-1-3-13(14)19(24)28-21/h1-10,23H/t21-/m0/s1. The van der Waals surface area contributed by atoms with Crippen LogP contribution in [0.5, 0.6) is 23.0 Å². The highest BCUT2D eigenvalue weighted by molar-refractivity contribution is 6.61. The van der Waals surface area contributed by atoms with E-state index < -0.39 is 17.0 Å². The molecule has 3 aromatic rings. The smallest absolute Gasteiger partial charge is 0.409 e. The average molecular weight is 395 g/mol. The van der Waals surface area contributed by atoms with Crippen molar-refractivity contribution in [2.75, 3.05) is 0 Å². The highest BCUT2D eigenvalue weighted by Crippen LogP contribution is 2.56. The molecule has 2 aliphatic heterocycles. The number of hydrogen-bond donors (Lipinski definition) is 1. The summed E-state index contributed by atoms with van der Waals surface area (Å²) in [4.78, 5) is 23.7. The molecule has 0 fully saturated rings. The van der Waals surface area contributed by atoms with Crippen LogP contribution >= 0.6 is 11.6 Å². The monoisotopic (exact) mass is 394 g/mol. The van der Waals surface area contributed by atoms with Crippen molar-refractivity contribution in [3.05, 3.63) is 82.9 Å². The van der Waals surface area contributed by atoms with Crippen LogP contribution in [-0.4, -0.2) is 16.5 Å². The van der Waals surface area contributed by atoms with Crippen LogP contribution < -0.4 is 9.47 Å². The molecule has 0 aliphatic carbocycles. The number of carbonyl (C=O) groups is 2. The molecule has 1 N–H and O–H groups in total. The predicted octanol–water partition coefficient (Wildman–Crippen LogP) is 4.70. The zero-order valence-electron chi connectivity index (χ0n) is 14.1. The molecule has 0 saturated carbocycles. The Morgan fingerprint density at radius 3 is 2.46 bits per heavy atom. The van der Waals surface area contributed by atoms with Gasteiger partial charge in [-0.3, -0.25) is 0 Å². The molecule has 0 radical (unpaired) electrons. The first kappa shape index (κ1) is 16.6. The van der Waals surface area contributed by atoms with Crippen molar-refractivity contribution in [1.82, 2.24) is 0 Å². The quantitative estimate of drug-likeness (QED) is 0.476. The number of esters is 1. The van der Waals surface area contributed by atoms with Gasteiger partial charge in [-0.25, -0.2) is 9.59 Å². The third kappa shape index (κ3) is 2.21. The Hall–Kier alpha value is -3.51. The highest BCUT2D eigenvalue weighted by atomic mass is 35.5. The molecule has 7 heteroatoms. The molecule has 1 atom stereocenters. The van der Waals surface area contributed by atoms with E-state index in [-0.39, 0.29) is 11.5 Å². The predicted molar refractivity (Wildman–Crippen MR) is 98.2 cm³/mol. The number of phenols is 1. The SMILES string of the molecule is O=C(Cl)Oc1ccc2c(c1)Oc1cc(O)ccc1[C@]21OC(=O)c2ccccc21. The van der Waals surface area contributed by atoms with Crippen LogP contribution in [0, 0.1) is 0 Å². The van der Waals surface area contributed by atoms with E-state index in [1.807, 2.05) is 12.1 Å². The molecule has 0 saturated heterocycles. The lowest BCUT2D eigenvalue weighted by Gasteiger charge is -2.36. The van der Waals surface area contributed by atoms with E-state index >= 15 is 0 Å². The summed E-state index contributed by atoms with van der Waals surface area (Å²) in [6.07, 6.45) is 0. The summed E-state index contributed by atoms with van der Waals surface area (Å²) >= 11 is 5.30. The minimum Gasteiger partial charge on any atom is -0.508 e. The van der Waals surface area contributed by atoms with E-state index in [1.165, 1.54) is 18.2 Å². The molecule has 2 aliphatic rings. The second kappa shape index (κ2) is 5.74. The summed E-state index contributed by atoms with van der Waals surface area (Å²) < 4.78 is 16.8. The van der Waals surface area contributed by atoms with Crippen molar-refractivity contribution in [1.29, 1.82) is 0 Å². The lowest BCUT2D eigenvalue weighted by atomic mass is 9.77. The molecule has 5 rings (SSSR count). The van der Waals surface area contributed by atoms with Crippen LogP contribution in [0.15, 0.2) is 60.7 Å². The molecular weight excluding hydrogens is 384 g/mol. The third-order valence-corrected chi connectivity index (χ3v) is 4.94. The van der Waals surface area contributed by atoms with Gasteiger partial charge >= 0.3 is 11.4 Å². The van der Waals surface area contributed by atoms with Crippen molar-refractivity contribution in [3.63, 3.8) is 0 Å². The van der Waals surface area contributed by atoms with Gasteiger partial charge in [0.05, 0.1) is 5.56 Å². The summed E-state index contributed by atoms with van der Waals surface area (Å²) in [5, 5.41) is 9.91. The third-order valence-electron chi connectivity index (χ3n) is 4.87. The lowest BCUT2D eigenvalue weighted by molar-refractivity contribution is 0.0224. The molecule has 138 valence electrons. The van der Waals surface area contributed by atoms with E-state index in [0.29, 0.717) is 33.8 Å². The fraction of sp³-hybridized carbons (Fsp3) is 0.0476. The number of carbonyl (C=O) groups excluding carboxylic acids is 2. The van der Waals surface area contributed by atoms with Crippen LogP contribution in [0.2, 0.25) is 0 Å². The Morgan fingerprint density at radius 1 is 0.964 bits per heavy atom. The van der Waals surface area contributed by atoms with Crippen molar-refractivity contribution >= 4 is 23.0 Å². The maximum absolute atomic E-state index is 12.6. The van der Waals surface area contributed by atoms with Gasteiger partial charge < -0.3 is 19.3 Å². The molecule has 0 unspecified atom stereocenters. The van der Waals surface area contributed by atoms with Crippen molar-refractivity contribution < 1.29 is 28.9 Å². The second-order valence-electron chi connectivity index (χ2n) is 6.40. The molecule has 0 amide bonds. The molecule has 0 aromatic heterocycles. The Kier molecular flexibility index (Phi) is 3.41. The van der Waals surface area contributed by atoms with Gasteiger partial charge in [0.2, 0.25) is 0 Å². The summed E-state index contributed by atoms with van der Waals surface area (Å²) in [5.74, 6) is 0.358. The number of halogens is 1. The lowest BCUT2D eigenvalue weighted by Crippen LogP contribution is -2.32. The van der Waals surface area contributed by atoms with Crippen LogP contribution in [0.4, 0.5) is 4.79 Å². The van der Waals surface area contributed by atoms with E-state index in [0.717, 1.165) is 0 Å². The number of phenolic OH excluding ortho intramolecular Hbond substituents is 1. The number of hydrogen-bond acceptors (Lipinski definition) is 6. The van der Waals surface area contributed by atoms with Gasteiger partial charge in [-0.1, -0.05) is 18.2 Å². The number of aromatic hydroxyl groups is 1. The van der Waals surface area contributed by atoms with Crippen LogP contribution in [0.25, 0.3) is 0 Å². The molecule has 0 bridgehead atoms. The minimum absolute atomic E-state index is 0.00157. The van der Waals surface area contributed by atoms with Crippen LogP contribution in [-0.2, 0) is 10.3 Å². The first-order chi connectivity index (χ1) is 13.5. The number of rotatable bonds is 1. The Balaban J connectivity index is 1.81.